The topological polar surface area (TPSA) is 99.5 Å². The van der Waals surface area contributed by atoms with Gasteiger partial charge in [0.2, 0.25) is 0 Å². The molecule has 6 nitrogen and oxygen atoms in total. The zero-order chi connectivity index (χ0) is 13.1. The number of aliphatic carboxylic acids is 1. The lowest BCUT2D eigenvalue weighted by Gasteiger charge is -2.24. The van der Waals surface area contributed by atoms with Gasteiger partial charge in [-0.15, -0.1) is 0 Å². The molecule has 6 heteroatoms. The van der Waals surface area contributed by atoms with E-state index < -0.39 is 17.4 Å². The minimum atomic E-state index is -1.37. The number of carboxylic acids is 1. The molecule has 0 radical (unpaired) electrons. The molecule has 0 spiro atoms. The number of nitrogens with one attached hydrogen (secondary N) is 1. The molecule has 1 aromatic rings. The Morgan fingerprint density at radius 1 is 1.53 bits per heavy atom. The Kier molecular flexibility index (Phi) is 3.67. The van der Waals surface area contributed by atoms with Crippen molar-refractivity contribution in [3.8, 4) is 5.75 Å². The standard InChI is InChI=1S/C11H14N2O4/c1-3-11(2,10(16)17)13-9(15)8-7(14)5-4-6-12-8/h4-6,14H,3H2,1-2H3,(H,13,15)(H,16,17). The first-order chi connectivity index (χ1) is 7.90. The van der Waals surface area contributed by atoms with E-state index in [0.29, 0.717) is 0 Å². The molecule has 0 aliphatic rings. The highest BCUT2D eigenvalue weighted by atomic mass is 16.4. The molecule has 0 fully saturated rings. The lowest BCUT2D eigenvalue weighted by molar-refractivity contribution is -0.143. The Morgan fingerprint density at radius 3 is 2.65 bits per heavy atom. The molecule has 92 valence electrons. The summed E-state index contributed by atoms with van der Waals surface area (Å²) < 4.78 is 0. The highest BCUT2D eigenvalue weighted by Crippen LogP contribution is 2.15. The van der Waals surface area contributed by atoms with Crippen LogP contribution in [0.15, 0.2) is 18.3 Å². The Morgan fingerprint density at radius 2 is 2.18 bits per heavy atom. The number of hydrogen-bond donors (Lipinski definition) is 3. The van der Waals surface area contributed by atoms with E-state index in [9.17, 15) is 14.7 Å². The molecule has 3 N–H and O–H groups in total. The largest absolute Gasteiger partial charge is 0.505 e. The van der Waals surface area contributed by atoms with Crippen LogP contribution in [0.3, 0.4) is 0 Å². The highest BCUT2D eigenvalue weighted by molar-refractivity contribution is 5.98. The smallest absolute Gasteiger partial charge is 0.329 e. The van der Waals surface area contributed by atoms with E-state index in [1.807, 2.05) is 0 Å². The van der Waals surface area contributed by atoms with Gasteiger partial charge in [0.05, 0.1) is 0 Å². The molecule has 0 saturated carbocycles. The van der Waals surface area contributed by atoms with Gasteiger partial charge in [0.25, 0.3) is 5.91 Å². The van der Waals surface area contributed by atoms with Gasteiger partial charge < -0.3 is 15.5 Å². The lowest BCUT2D eigenvalue weighted by atomic mass is 9.99. The number of aromatic nitrogens is 1. The van der Waals surface area contributed by atoms with E-state index in [1.54, 1.807) is 6.92 Å². The van der Waals surface area contributed by atoms with Crippen molar-refractivity contribution in [2.75, 3.05) is 0 Å². The van der Waals surface area contributed by atoms with Crippen molar-refractivity contribution < 1.29 is 19.8 Å². The number of hydrogen-bond acceptors (Lipinski definition) is 4. The summed E-state index contributed by atoms with van der Waals surface area (Å²) in [6.07, 6.45) is 1.57. The molecule has 1 amide bonds. The van der Waals surface area contributed by atoms with Crippen molar-refractivity contribution >= 4 is 11.9 Å². The number of carbonyl (C=O) groups excluding carboxylic acids is 1. The highest BCUT2D eigenvalue weighted by Gasteiger charge is 2.33. The molecule has 1 rings (SSSR count). The van der Waals surface area contributed by atoms with Crippen LogP contribution in [-0.2, 0) is 4.79 Å². The quantitative estimate of drug-likeness (QED) is 0.719. The van der Waals surface area contributed by atoms with Gasteiger partial charge in [0.15, 0.2) is 5.69 Å². The van der Waals surface area contributed by atoms with Gasteiger partial charge in [0.1, 0.15) is 11.3 Å². The maximum atomic E-state index is 11.7. The van der Waals surface area contributed by atoms with Crippen molar-refractivity contribution in [2.45, 2.75) is 25.8 Å². The number of pyridine rings is 1. The fraction of sp³-hybridized carbons (Fsp3) is 0.364. The summed E-state index contributed by atoms with van der Waals surface area (Å²) in [6.45, 7) is 3.04. The van der Waals surface area contributed by atoms with Crippen LogP contribution < -0.4 is 5.32 Å². The van der Waals surface area contributed by atoms with Crippen LogP contribution >= 0.6 is 0 Å². The molecule has 1 unspecified atom stereocenters. The zero-order valence-electron chi connectivity index (χ0n) is 9.60. The van der Waals surface area contributed by atoms with Crippen molar-refractivity contribution in [3.05, 3.63) is 24.0 Å². The van der Waals surface area contributed by atoms with Crippen molar-refractivity contribution in [1.29, 1.82) is 0 Å². The van der Waals surface area contributed by atoms with E-state index >= 15 is 0 Å². The molecular weight excluding hydrogens is 224 g/mol. The second-order valence-corrected chi connectivity index (χ2v) is 3.82. The van der Waals surface area contributed by atoms with Crippen LogP contribution in [0, 0.1) is 0 Å². The number of carbonyl (C=O) groups is 2. The van der Waals surface area contributed by atoms with E-state index in [-0.39, 0.29) is 17.9 Å². The maximum absolute atomic E-state index is 11.7. The van der Waals surface area contributed by atoms with Crippen molar-refractivity contribution in [2.24, 2.45) is 0 Å². The molecule has 1 aromatic heterocycles. The number of carboxylic acid groups (broad SMARTS) is 1. The van der Waals surface area contributed by atoms with Crippen LogP contribution in [0.25, 0.3) is 0 Å². The maximum Gasteiger partial charge on any atom is 0.329 e. The number of aromatic hydroxyl groups is 1. The van der Waals surface area contributed by atoms with Gasteiger partial charge in [-0.05, 0) is 25.5 Å². The van der Waals surface area contributed by atoms with E-state index in [2.05, 4.69) is 10.3 Å². The van der Waals surface area contributed by atoms with Crippen LogP contribution in [0.5, 0.6) is 5.75 Å². The minimum Gasteiger partial charge on any atom is -0.505 e. The Bertz CT molecular complexity index is 447. The summed E-state index contributed by atoms with van der Waals surface area (Å²) in [5, 5.41) is 20.8. The van der Waals surface area contributed by atoms with Crippen LogP contribution in [-0.4, -0.2) is 32.6 Å². The van der Waals surface area contributed by atoms with Gasteiger partial charge in [-0.3, -0.25) is 4.79 Å². The van der Waals surface area contributed by atoms with Gasteiger partial charge in [-0.1, -0.05) is 6.92 Å². The molecule has 1 atom stereocenters. The van der Waals surface area contributed by atoms with E-state index in [1.165, 1.54) is 25.3 Å². The summed E-state index contributed by atoms with van der Waals surface area (Å²) in [4.78, 5) is 26.5. The van der Waals surface area contributed by atoms with Crippen LogP contribution in [0.1, 0.15) is 30.8 Å². The normalized spacial score (nSPS) is 13.8. The lowest BCUT2D eigenvalue weighted by Crippen LogP contribution is -2.51. The van der Waals surface area contributed by atoms with Gasteiger partial charge >= 0.3 is 5.97 Å². The number of amides is 1. The molecule has 0 aliphatic carbocycles. The zero-order valence-corrected chi connectivity index (χ0v) is 9.60. The van der Waals surface area contributed by atoms with Gasteiger partial charge in [-0.25, -0.2) is 9.78 Å². The van der Waals surface area contributed by atoms with Gasteiger partial charge in [0, 0.05) is 6.20 Å². The molecule has 1 heterocycles. The Balaban J connectivity index is 2.93. The summed E-state index contributed by atoms with van der Waals surface area (Å²) >= 11 is 0. The minimum absolute atomic E-state index is 0.187. The molecule has 0 aliphatic heterocycles. The predicted molar refractivity (Wildman–Crippen MR) is 59.7 cm³/mol. The fourth-order valence-corrected chi connectivity index (χ4v) is 1.17. The molecular formula is C11H14N2O4. The third-order valence-electron chi connectivity index (χ3n) is 2.57. The molecule has 0 bridgehead atoms. The second kappa shape index (κ2) is 4.82. The molecule has 0 aromatic carbocycles. The summed E-state index contributed by atoms with van der Waals surface area (Å²) in [5.41, 5.74) is -1.56. The second-order valence-electron chi connectivity index (χ2n) is 3.82. The van der Waals surface area contributed by atoms with E-state index in [0.717, 1.165) is 0 Å². The summed E-state index contributed by atoms with van der Waals surface area (Å²) in [5.74, 6) is -2.13. The SMILES string of the molecule is CCC(C)(NC(=O)c1ncccc1O)C(=O)O. The first-order valence-electron chi connectivity index (χ1n) is 5.10. The predicted octanol–water partition coefficient (Wildman–Crippen LogP) is 0.770. The molecule has 17 heavy (non-hydrogen) atoms. The number of rotatable bonds is 4. The average Bonchev–Trinajstić information content (AvgIpc) is 2.29. The molecule has 0 saturated heterocycles. The summed E-state index contributed by atoms with van der Waals surface area (Å²) in [6, 6.07) is 2.79. The Labute approximate surface area is 98.3 Å². The van der Waals surface area contributed by atoms with Crippen molar-refractivity contribution in [1.82, 2.24) is 10.3 Å². The third kappa shape index (κ3) is 2.72. The average molecular weight is 238 g/mol. The third-order valence-corrected chi connectivity index (χ3v) is 2.57. The Hall–Kier alpha value is -2.11. The van der Waals surface area contributed by atoms with Gasteiger partial charge in [-0.2, -0.15) is 0 Å². The van der Waals surface area contributed by atoms with E-state index in [4.69, 9.17) is 5.11 Å². The van der Waals surface area contributed by atoms with Crippen molar-refractivity contribution in [3.63, 3.8) is 0 Å². The van der Waals surface area contributed by atoms with Crippen LogP contribution in [0.4, 0.5) is 0 Å². The number of nitrogens with zero attached hydrogens (tertiary/aromatic N) is 1. The fourth-order valence-electron chi connectivity index (χ4n) is 1.17. The first-order valence-corrected chi connectivity index (χ1v) is 5.10. The van der Waals surface area contributed by atoms with Crippen LogP contribution in [0.2, 0.25) is 0 Å². The first kappa shape index (κ1) is 13.0. The monoisotopic (exact) mass is 238 g/mol. The summed E-state index contributed by atoms with van der Waals surface area (Å²) in [7, 11) is 0.